The van der Waals surface area contributed by atoms with Gasteiger partial charge in [0.25, 0.3) is 0 Å². The fraction of sp³-hybridized carbons (Fsp3) is 0.750. The molecule has 1 aromatic rings. The molecule has 2 rings (SSSR count). The van der Waals surface area contributed by atoms with Crippen LogP contribution < -0.4 is 5.32 Å². The van der Waals surface area contributed by atoms with E-state index in [9.17, 15) is 8.42 Å². The van der Waals surface area contributed by atoms with Crippen LogP contribution in [0.2, 0.25) is 0 Å². The molecule has 0 aliphatic carbocycles. The Balaban J connectivity index is 2.04. The molecule has 1 unspecified atom stereocenters. The lowest BCUT2D eigenvalue weighted by molar-refractivity contribution is 0.545. The molecule has 1 saturated heterocycles. The van der Waals surface area contributed by atoms with Crippen molar-refractivity contribution < 1.29 is 8.42 Å². The summed E-state index contributed by atoms with van der Waals surface area (Å²) in [5, 5.41) is 3.57. The van der Waals surface area contributed by atoms with Crippen molar-refractivity contribution in [1.29, 1.82) is 0 Å². The molecule has 2 heterocycles. The van der Waals surface area contributed by atoms with Crippen molar-refractivity contribution in [3.8, 4) is 0 Å². The molecule has 102 valence electrons. The molecule has 0 spiro atoms. The molecule has 4 nitrogen and oxygen atoms in total. The second kappa shape index (κ2) is 6.12. The van der Waals surface area contributed by atoms with E-state index in [2.05, 4.69) is 10.3 Å². The molecule has 1 fully saturated rings. The zero-order valence-electron chi connectivity index (χ0n) is 10.7. The first-order valence-electron chi connectivity index (χ1n) is 6.44. The van der Waals surface area contributed by atoms with Gasteiger partial charge in [0, 0.05) is 11.1 Å². The van der Waals surface area contributed by atoms with Crippen LogP contribution in [0.25, 0.3) is 0 Å². The van der Waals surface area contributed by atoms with Crippen molar-refractivity contribution in [3.63, 3.8) is 0 Å². The number of nitrogens with zero attached hydrogens (tertiary/aromatic N) is 1. The number of sulfone groups is 1. The highest BCUT2D eigenvalue weighted by Crippen LogP contribution is 2.35. The fourth-order valence-electron chi connectivity index (χ4n) is 2.26. The Morgan fingerprint density at radius 1 is 1.50 bits per heavy atom. The molecule has 1 aromatic heterocycles. The Kier molecular flexibility index (Phi) is 4.75. The normalized spacial score (nSPS) is 23.1. The first-order chi connectivity index (χ1) is 8.63. The van der Waals surface area contributed by atoms with Crippen LogP contribution in [0, 0.1) is 0 Å². The van der Waals surface area contributed by atoms with Crippen molar-refractivity contribution in [1.82, 2.24) is 10.3 Å². The summed E-state index contributed by atoms with van der Waals surface area (Å²) in [5.74, 6) is 0.326. The maximum Gasteiger partial charge on any atom is 0.159 e. The summed E-state index contributed by atoms with van der Waals surface area (Å²) in [4.78, 5) is 5.53. The van der Waals surface area contributed by atoms with Crippen LogP contribution in [0.3, 0.4) is 0 Å². The van der Waals surface area contributed by atoms with Crippen LogP contribution in [0.1, 0.15) is 40.8 Å². The van der Waals surface area contributed by atoms with Gasteiger partial charge in [-0.1, -0.05) is 6.42 Å². The Morgan fingerprint density at radius 3 is 3.06 bits per heavy atom. The number of aromatic nitrogens is 1. The van der Waals surface area contributed by atoms with E-state index in [1.165, 1.54) is 4.88 Å². The van der Waals surface area contributed by atoms with Gasteiger partial charge in [-0.2, -0.15) is 0 Å². The average Bonchev–Trinajstić information content (AvgIpc) is 2.77. The van der Waals surface area contributed by atoms with Crippen LogP contribution in [0.5, 0.6) is 0 Å². The smallest absolute Gasteiger partial charge is 0.159 e. The molecule has 0 aromatic carbocycles. The van der Waals surface area contributed by atoms with Crippen molar-refractivity contribution >= 4 is 21.2 Å². The molecule has 0 bridgehead atoms. The Morgan fingerprint density at radius 2 is 2.33 bits per heavy atom. The summed E-state index contributed by atoms with van der Waals surface area (Å²) in [6.45, 7) is 0.981. The molecular weight excluding hydrogens is 268 g/mol. The first kappa shape index (κ1) is 14.0. The lowest BCUT2D eigenvalue weighted by Gasteiger charge is -2.19. The summed E-state index contributed by atoms with van der Waals surface area (Å²) >= 11 is 1.57. The molecule has 0 amide bonds. The minimum absolute atomic E-state index is 0.326. The number of aryl methyl sites for hydroxylation is 1. The number of nitrogens with one attached hydrogen (secondary N) is 1. The average molecular weight is 288 g/mol. The van der Waals surface area contributed by atoms with Crippen LogP contribution >= 0.6 is 11.3 Å². The maximum atomic E-state index is 12.0. The standard InChI is InChI=1S/C12H20N2O2S2/c1-13-7-4-5-10-9-14-12(17-10)11-6-2-3-8-18(11,15)16/h9,11,13H,2-8H2,1H3. The molecule has 0 saturated carbocycles. The minimum Gasteiger partial charge on any atom is -0.320 e. The number of rotatable bonds is 5. The summed E-state index contributed by atoms with van der Waals surface area (Å²) in [6.07, 6.45) is 6.43. The second-order valence-corrected chi connectivity index (χ2v) is 8.17. The molecular formula is C12H20N2O2S2. The van der Waals surface area contributed by atoms with E-state index in [0.717, 1.165) is 43.7 Å². The lowest BCUT2D eigenvalue weighted by atomic mass is 10.2. The highest BCUT2D eigenvalue weighted by Gasteiger charge is 2.32. The van der Waals surface area contributed by atoms with Crippen molar-refractivity contribution in [3.05, 3.63) is 16.1 Å². The van der Waals surface area contributed by atoms with E-state index >= 15 is 0 Å². The number of hydrogen-bond acceptors (Lipinski definition) is 5. The lowest BCUT2D eigenvalue weighted by Crippen LogP contribution is -2.21. The van der Waals surface area contributed by atoms with E-state index < -0.39 is 9.84 Å². The quantitative estimate of drug-likeness (QED) is 0.841. The van der Waals surface area contributed by atoms with E-state index in [1.54, 1.807) is 11.3 Å². The van der Waals surface area contributed by atoms with E-state index in [0.29, 0.717) is 5.75 Å². The Hall–Kier alpha value is -0.460. The van der Waals surface area contributed by atoms with Gasteiger partial charge in [-0.3, -0.25) is 0 Å². The van der Waals surface area contributed by atoms with Gasteiger partial charge >= 0.3 is 0 Å². The summed E-state index contributed by atoms with van der Waals surface area (Å²) in [7, 11) is -1.02. The zero-order valence-corrected chi connectivity index (χ0v) is 12.3. The van der Waals surface area contributed by atoms with Gasteiger partial charge in [0.05, 0.1) is 5.75 Å². The van der Waals surface area contributed by atoms with Crippen molar-refractivity contribution in [2.45, 2.75) is 37.4 Å². The van der Waals surface area contributed by atoms with Gasteiger partial charge in [0.1, 0.15) is 10.3 Å². The van der Waals surface area contributed by atoms with Gasteiger partial charge in [-0.25, -0.2) is 13.4 Å². The van der Waals surface area contributed by atoms with E-state index in [1.807, 2.05) is 13.2 Å². The van der Waals surface area contributed by atoms with Crippen LogP contribution in [0.4, 0.5) is 0 Å². The van der Waals surface area contributed by atoms with Crippen LogP contribution in [-0.4, -0.2) is 32.7 Å². The third kappa shape index (κ3) is 3.30. The van der Waals surface area contributed by atoms with E-state index in [4.69, 9.17) is 0 Å². The summed E-state index contributed by atoms with van der Waals surface area (Å²) < 4.78 is 24.0. The minimum atomic E-state index is -2.95. The monoisotopic (exact) mass is 288 g/mol. The highest BCUT2D eigenvalue weighted by molar-refractivity contribution is 7.91. The summed E-state index contributed by atoms with van der Waals surface area (Å²) in [6, 6.07) is 0. The maximum absolute atomic E-state index is 12.0. The van der Waals surface area contributed by atoms with Gasteiger partial charge in [-0.15, -0.1) is 11.3 Å². The predicted molar refractivity (Wildman–Crippen MR) is 74.7 cm³/mol. The van der Waals surface area contributed by atoms with Crippen LogP contribution in [-0.2, 0) is 16.3 Å². The molecule has 6 heteroatoms. The van der Waals surface area contributed by atoms with Gasteiger partial charge in [-0.05, 0) is 39.3 Å². The Bertz CT molecular complexity index is 482. The third-order valence-corrected chi connectivity index (χ3v) is 6.78. The van der Waals surface area contributed by atoms with Crippen LogP contribution in [0.15, 0.2) is 6.20 Å². The second-order valence-electron chi connectivity index (χ2n) is 4.72. The summed E-state index contributed by atoms with van der Waals surface area (Å²) in [5.41, 5.74) is 0. The molecule has 18 heavy (non-hydrogen) atoms. The Labute approximate surface area is 113 Å². The molecule has 1 atom stereocenters. The van der Waals surface area contributed by atoms with Crippen molar-refractivity contribution in [2.24, 2.45) is 0 Å². The van der Waals surface area contributed by atoms with Gasteiger partial charge in [0.15, 0.2) is 9.84 Å². The molecule has 1 aliphatic rings. The SMILES string of the molecule is CNCCCc1cnc(C2CCCCS2(=O)=O)s1. The highest BCUT2D eigenvalue weighted by atomic mass is 32.2. The predicted octanol–water partition coefficient (Wildman–Crippen LogP) is 1.93. The molecule has 1 aliphatic heterocycles. The van der Waals surface area contributed by atoms with Gasteiger partial charge < -0.3 is 5.32 Å². The van der Waals surface area contributed by atoms with Gasteiger partial charge in [0.2, 0.25) is 0 Å². The first-order valence-corrected chi connectivity index (χ1v) is 8.97. The third-order valence-electron chi connectivity index (χ3n) is 3.28. The largest absolute Gasteiger partial charge is 0.320 e. The van der Waals surface area contributed by atoms with Crippen molar-refractivity contribution in [2.75, 3.05) is 19.3 Å². The number of hydrogen-bond donors (Lipinski definition) is 1. The topological polar surface area (TPSA) is 59.1 Å². The zero-order chi connectivity index (χ0) is 13.0. The number of thiazole rings is 1. The van der Waals surface area contributed by atoms with E-state index in [-0.39, 0.29) is 5.25 Å². The fourth-order valence-corrected chi connectivity index (χ4v) is 5.60. The molecule has 0 radical (unpaired) electrons. The molecule has 1 N–H and O–H groups in total.